The van der Waals surface area contributed by atoms with Gasteiger partial charge in [-0.3, -0.25) is 9.69 Å². The number of hydrogen-bond donors (Lipinski definition) is 2. The smallest absolute Gasteiger partial charge is 0.252 e. The number of likely N-dealkylation sites (tertiary alicyclic amines) is 1. The van der Waals surface area contributed by atoms with Crippen LogP contribution < -0.4 is 5.32 Å². The summed E-state index contributed by atoms with van der Waals surface area (Å²) in [5.74, 6) is 1.21. The molecule has 2 aliphatic heterocycles. The molecule has 1 amide bonds. The van der Waals surface area contributed by atoms with Gasteiger partial charge in [-0.1, -0.05) is 36.8 Å². The lowest BCUT2D eigenvalue weighted by atomic mass is 9.99. The zero-order chi connectivity index (χ0) is 16.1. The number of amides is 1. The Morgan fingerprint density at radius 1 is 1.35 bits per heavy atom. The van der Waals surface area contributed by atoms with Crippen LogP contribution in [0.15, 0.2) is 30.3 Å². The second-order valence-corrected chi connectivity index (χ2v) is 7.76. The van der Waals surface area contributed by atoms with Gasteiger partial charge in [-0.2, -0.15) is 11.8 Å². The summed E-state index contributed by atoms with van der Waals surface area (Å²) in [4.78, 5) is 14.7. The molecule has 1 aromatic rings. The number of thioether (sulfide) groups is 1. The number of carbonyl (C=O) groups excluding carboxylic acids is 1. The Bertz CT molecular complexity index is 517. The lowest BCUT2D eigenvalue weighted by molar-refractivity contribution is -0.137. The highest BCUT2D eigenvalue weighted by Gasteiger charge is 2.39. The molecule has 0 radical (unpaired) electrons. The standard InChI is InChI=1S/C18H26N2O2S/c21-17(18(22)9-11-23-14-18)19-12-16-8-4-5-10-20(16)13-15-6-2-1-3-7-15/h1-3,6-7,16,22H,4-5,8-14H2,(H,19,21). The minimum absolute atomic E-state index is 0.187. The highest BCUT2D eigenvalue weighted by molar-refractivity contribution is 7.99. The lowest BCUT2D eigenvalue weighted by Gasteiger charge is -2.36. The zero-order valence-electron chi connectivity index (χ0n) is 13.5. The van der Waals surface area contributed by atoms with Crippen LogP contribution in [-0.4, -0.2) is 52.2 Å². The molecule has 2 N–H and O–H groups in total. The SMILES string of the molecule is O=C(NCC1CCCCN1Cc1ccccc1)C1(O)CCSC1. The van der Waals surface area contributed by atoms with Gasteiger partial charge in [0.25, 0.3) is 5.91 Å². The molecule has 3 rings (SSSR count). The van der Waals surface area contributed by atoms with E-state index in [0.29, 0.717) is 24.8 Å². The third-order valence-electron chi connectivity index (χ3n) is 4.90. The van der Waals surface area contributed by atoms with Crippen LogP contribution in [-0.2, 0) is 11.3 Å². The number of rotatable bonds is 5. The molecule has 0 aromatic heterocycles. The second-order valence-electron chi connectivity index (χ2n) is 6.65. The van der Waals surface area contributed by atoms with Gasteiger partial charge in [0.05, 0.1) is 0 Å². The minimum atomic E-state index is -1.15. The predicted octanol–water partition coefficient (Wildman–Crippen LogP) is 2.03. The van der Waals surface area contributed by atoms with Crippen molar-refractivity contribution < 1.29 is 9.90 Å². The van der Waals surface area contributed by atoms with Gasteiger partial charge in [-0.25, -0.2) is 0 Å². The summed E-state index contributed by atoms with van der Waals surface area (Å²) in [7, 11) is 0. The van der Waals surface area contributed by atoms with Gasteiger partial charge in [-0.15, -0.1) is 0 Å². The summed E-state index contributed by atoms with van der Waals surface area (Å²) < 4.78 is 0. The van der Waals surface area contributed by atoms with Crippen LogP contribution in [0.4, 0.5) is 0 Å². The predicted molar refractivity (Wildman–Crippen MR) is 94.4 cm³/mol. The summed E-state index contributed by atoms with van der Waals surface area (Å²) in [5, 5.41) is 13.4. The summed E-state index contributed by atoms with van der Waals surface area (Å²) in [6.07, 6.45) is 4.12. The summed E-state index contributed by atoms with van der Waals surface area (Å²) >= 11 is 1.65. The maximum atomic E-state index is 12.3. The van der Waals surface area contributed by atoms with Crippen LogP contribution in [0.2, 0.25) is 0 Å². The zero-order valence-corrected chi connectivity index (χ0v) is 14.4. The number of aliphatic hydroxyl groups is 1. The van der Waals surface area contributed by atoms with Gasteiger partial charge in [0, 0.05) is 24.9 Å². The highest BCUT2D eigenvalue weighted by atomic mass is 32.2. The average molecular weight is 334 g/mol. The molecule has 1 aromatic carbocycles. The molecule has 5 heteroatoms. The Hall–Kier alpha value is -1.04. The normalized spacial score (nSPS) is 28.7. The van der Waals surface area contributed by atoms with Crippen molar-refractivity contribution in [3.63, 3.8) is 0 Å². The number of carbonyl (C=O) groups is 1. The number of hydrogen-bond acceptors (Lipinski definition) is 4. The van der Waals surface area contributed by atoms with Crippen molar-refractivity contribution in [3.05, 3.63) is 35.9 Å². The fraction of sp³-hybridized carbons (Fsp3) is 0.611. The first-order valence-corrected chi connectivity index (χ1v) is 9.69. The Morgan fingerprint density at radius 3 is 2.91 bits per heavy atom. The van der Waals surface area contributed by atoms with E-state index in [9.17, 15) is 9.90 Å². The Morgan fingerprint density at radius 2 is 2.17 bits per heavy atom. The molecule has 23 heavy (non-hydrogen) atoms. The van der Waals surface area contributed by atoms with Gasteiger partial charge in [-0.05, 0) is 37.1 Å². The van der Waals surface area contributed by atoms with Crippen LogP contribution in [0.3, 0.4) is 0 Å². The maximum absolute atomic E-state index is 12.3. The molecular weight excluding hydrogens is 308 g/mol. The number of piperidine rings is 1. The van der Waals surface area contributed by atoms with E-state index < -0.39 is 5.60 Å². The van der Waals surface area contributed by atoms with Gasteiger partial charge in [0.15, 0.2) is 5.60 Å². The summed E-state index contributed by atoms with van der Waals surface area (Å²) in [5.41, 5.74) is 0.167. The van der Waals surface area contributed by atoms with E-state index in [4.69, 9.17) is 0 Å². The highest BCUT2D eigenvalue weighted by Crippen LogP contribution is 2.28. The van der Waals surface area contributed by atoms with Crippen molar-refractivity contribution in [2.24, 2.45) is 0 Å². The average Bonchev–Trinajstić information content (AvgIpc) is 3.03. The van der Waals surface area contributed by atoms with Crippen LogP contribution >= 0.6 is 11.8 Å². The van der Waals surface area contributed by atoms with E-state index in [1.807, 2.05) is 6.07 Å². The summed E-state index contributed by atoms with van der Waals surface area (Å²) in [6, 6.07) is 10.9. The molecule has 2 atom stereocenters. The molecule has 2 aliphatic rings. The largest absolute Gasteiger partial charge is 0.379 e. The quantitative estimate of drug-likeness (QED) is 0.865. The third kappa shape index (κ3) is 4.28. The first-order chi connectivity index (χ1) is 11.2. The molecule has 2 fully saturated rings. The van der Waals surface area contributed by atoms with E-state index in [1.165, 1.54) is 18.4 Å². The van der Waals surface area contributed by atoms with Crippen molar-refractivity contribution >= 4 is 17.7 Å². The fourth-order valence-electron chi connectivity index (χ4n) is 3.43. The second kappa shape index (κ2) is 7.69. The minimum Gasteiger partial charge on any atom is -0.379 e. The molecule has 0 spiro atoms. The molecule has 126 valence electrons. The van der Waals surface area contributed by atoms with Gasteiger partial charge in [0.1, 0.15) is 0 Å². The Labute approximate surface area is 142 Å². The molecule has 2 heterocycles. The van der Waals surface area contributed by atoms with Gasteiger partial charge < -0.3 is 10.4 Å². The molecule has 2 unspecified atom stereocenters. The first-order valence-electron chi connectivity index (χ1n) is 8.54. The molecule has 4 nitrogen and oxygen atoms in total. The monoisotopic (exact) mass is 334 g/mol. The lowest BCUT2D eigenvalue weighted by Crippen LogP contribution is -2.52. The van der Waals surface area contributed by atoms with Crippen molar-refractivity contribution in [1.29, 1.82) is 0 Å². The van der Waals surface area contributed by atoms with Crippen LogP contribution in [0, 0.1) is 0 Å². The van der Waals surface area contributed by atoms with Crippen molar-refractivity contribution in [2.75, 3.05) is 24.6 Å². The van der Waals surface area contributed by atoms with Gasteiger partial charge in [0.2, 0.25) is 0 Å². The van der Waals surface area contributed by atoms with E-state index in [1.54, 1.807) is 11.8 Å². The van der Waals surface area contributed by atoms with Gasteiger partial charge >= 0.3 is 0 Å². The topological polar surface area (TPSA) is 52.6 Å². The molecule has 0 bridgehead atoms. The number of nitrogens with zero attached hydrogens (tertiary/aromatic N) is 1. The molecule has 0 aliphatic carbocycles. The van der Waals surface area contributed by atoms with Crippen molar-refractivity contribution in [1.82, 2.24) is 10.2 Å². The van der Waals surface area contributed by atoms with Crippen LogP contribution in [0.1, 0.15) is 31.2 Å². The Kier molecular flexibility index (Phi) is 5.62. The van der Waals surface area contributed by atoms with Crippen molar-refractivity contribution in [3.8, 4) is 0 Å². The Balaban J connectivity index is 1.55. The van der Waals surface area contributed by atoms with E-state index in [0.717, 1.165) is 25.3 Å². The first kappa shape index (κ1) is 16.8. The van der Waals surface area contributed by atoms with Crippen molar-refractivity contribution in [2.45, 2.75) is 43.9 Å². The molecule has 2 saturated heterocycles. The molecule has 0 saturated carbocycles. The number of nitrogens with one attached hydrogen (secondary N) is 1. The van der Waals surface area contributed by atoms with E-state index in [-0.39, 0.29) is 5.91 Å². The maximum Gasteiger partial charge on any atom is 0.252 e. The van der Waals surface area contributed by atoms with E-state index in [2.05, 4.69) is 34.5 Å². The van der Waals surface area contributed by atoms with E-state index >= 15 is 0 Å². The fourth-order valence-corrected chi connectivity index (χ4v) is 4.67. The van der Waals surface area contributed by atoms with Crippen LogP contribution in [0.25, 0.3) is 0 Å². The third-order valence-corrected chi connectivity index (χ3v) is 6.07. The van der Waals surface area contributed by atoms with Crippen LogP contribution in [0.5, 0.6) is 0 Å². The molecular formula is C18H26N2O2S. The summed E-state index contributed by atoms with van der Waals surface area (Å²) in [6.45, 7) is 2.65. The number of benzene rings is 1.